The summed E-state index contributed by atoms with van der Waals surface area (Å²) in [5.41, 5.74) is 5.91. The third-order valence-electron chi connectivity index (χ3n) is 6.20. The van der Waals surface area contributed by atoms with Gasteiger partial charge in [-0.2, -0.15) is 5.26 Å². The number of carbonyl (C=O) groups is 1. The molecule has 156 valence electrons. The molecule has 1 heterocycles. The first kappa shape index (κ1) is 21.9. The van der Waals surface area contributed by atoms with E-state index in [0.29, 0.717) is 16.6 Å². The van der Waals surface area contributed by atoms with Crippen LogP contribution >= 0.6 is 11.6 Å². The molecule has 1 aliphatic heterocycles. The lowest BCUT2D eigenvalue weighted by atomic mass is 9.79. The van der Waals surface area contributed by atoms with Crippen molar-refractivity contribution in [2.24, 2.45) is 0 Å². The highest BCUT2D eigenvalue weighted by Crippen LogP contribution is 2.43. The highest BCUT2D eigenvalue weighted by Gasteiger charge is 2.34. The van der Waals surface area contributed by atoms with E-state index in [9.17, 15) is 10.1 Å². The maximum absolute atomic E-state index is 12.8. The number of anilines is 2. The third kappa shape index (κ3) is 4.08. The van der Waals surface area contributed by atoms with Crippen molar-refractivity contribution in [2.45, 2.75) is 52.5 Å². The van der Waals surface area contributed by atoms with Crippen molar-refractivity contribution >= 4 is 35.0 Å². The van der Waals surface area contributed by atoms with Gasteiger partial charge in [-0.1, -0.05) is 24.6 Å². The summed E-state index contributed by atoms with van der Waals surface area (Å²) in [7, 11) is 2.13. The Bertz CT molecular complexity index is 1080. The largest absolute Gasteiger partial charge is 0.369 e. The molecule has 0 saturated carbocycles. The molecule has 2 aromatic carbocycles. The van der Waals surface area contributed by atoms with E-state index in [0.717, 1.165) is 23.1 Å². The molecule has 4 nitrogen and oxygen atoms in total. The molecule has 1 amide bonds. The van der Waals surface area contributed by atoms with Gasteiger partial charge in [0.05, 0.1) is 0 Å². The van der Waals surface area contributed by atoms with Crippen LogP contribution < -0.4 is 10.2 Å². The average Bonchev–Trinajstić information content (AvgIpc) is 2.68. The molecule has 3 rings (SSSR count). The van der Waals surface area contributed by atoms with Crippen LogP contribution in [0.5, 0.6) is 0 Å². The van der Waals surface area contributed by atoms with E-state index in [1.54, 1.807) is 24.3 Å². The van der Waals surface area contributed by atoms with Crippen LogP contribution in [-0.2, 0) is 4.79 Å². The van der Waals surface area contributed by atoms with Crippen LogP contribution in [-0.4, -0.2) is 18.5 Å². The minimum atomic E-state index is -0.439. The SMILES string of the molecule is Cc1cc2c(cc1/C=C(/C#N)C(=O)Nc1cccc(Cl)c1C)[C@@H](C)CC(C)(C)N2C. The summed E-state index contributed by atoms with van der Waals surface area (Å²) in [5, 5.41) is 13.0. The lowest BCUT2D eigenvalue weighted by molar-refractivity contribution is -0.112. The molecular formula is C25H28ClN3O. The fraction of sp³-hybridized carbons (Fsp3) is 0.360. The summed E-state index contributed by atoms with van der Waals surface area (Å²) in [6.45, 7) is 10.6. The topological polar surface area (TPSA) is 56.1 Å². The normalized spacial score (nSPS) is 17.9. The predicted octanol–water partition coefficient (Wildman–Crippen LogP) is 6.22. The number of hydrogen-bond donors (Lipinski definition) is 1. The molecule has 0 spiro atoms. The van der Waals surface area contributed by atoms with E-state index in [2.05, 4.69) is 56.2 Å². The van der Waals surface area contributed by atoms with Gasteiger partial charge in [-0.05, 0) is 92.6 Å². The van der Waals surface area contributed by atoms with Gasteiger partial charge in [0.15, 0.2) is 0 Å². The van der Waals surface area contributed by atoms with Crippen molar-refractivity contribution in [3.8, 4) is 6.07 Å². The molecule has 2 aromatic rings. The number of hydrogen-bond acceptors (Lipinski definition) is 3. The molecule has 0 aliphatic carbocycles. The number of rotatable bonds is 3. The number of halogens is 1. The fourth-order valence-corrected chi connectivity index (χ4v) is 4.30. The summed E-state index contributed by atoms with van der Waals surface area (Å²) >= 11 is 6.14. The Morgan fingerprint density at radius 3 is 2.70 bits per heavy atom. The van der Waals surface area contributed by atoms with Crippen molar-refractivity contribution in [1.82, 2.24) is 0 Å². The number of carbonyl (C=O) groups excluding carboxylic acids is 1. The van der Waals surface area contributed by atoms with Gasteiger partial charge in [0.1, 0.15) is 11.6 Å². The summed E-state index contributed by atoms with van der Waals surface area (Å²) < 4.78 is 0. The number of nitriles is 1. The van der Waals surface area contributed by atoms with Crippen molar-refractivity contribution in [2.75, 3.05) is 17.3 Å². The minimum absolute atomic E-state index is 0.0644. The first-order valence-electron chi connectivity index (χ1n) is 10.1. The van der Waals surface area contributed by atoms with E-state index in [4.69, 9.17) is 11.6 Å². The molecule has 1 aliphatic rings. The van der Waals surface area contributed by atoms with E-state index < -0.39 is 5.91 Å². The molecule has 0 aromatic heterocycles. The van der Waals surface area contributed by atoms with E-state index in [1.165, 1.54) is 11.3 Å². The molecule has 0 saturated heterocycles. The van der Waals surface area contributed by atoms with Crippen LogP contribution in [0.1, 0.15) is 55.4 Å². The van der Waals surface area contributed by atoms with Gasteiger partial charge in [-0.15, -0.1) is 0 Å². The molecule has 30 heavy (non-hydrogen) atoms. The van der Waals surface area contributed by atoms with Crippen LogP contribution in [0.15, 0.2) is 35.9 Å². The molecular weight excluding hydrogens is 394 g/mol. The second kappa shape index (κ2) is 8.16. The number of fused-ring (bicyclic) bond motifs is 1. The molecule has 1 atom stereocenters. The molecule has 1 N–H and O–H groups in total. The van der Waals surface area contributed by atoms with Crippen LogP contribution in [0, 0.1) is 25.2 Å². The van der Waals surface area contributed by atoms with Crippen LogP contribution in [0.4, 0.5) is 11.4 Å². The third-order valence-corrected chi connectivity index (χ3v) is 6.61. The summed E-state index contributed by atoms with van der Waals surface area (Å²) in [4.78, 5) is 15.1. The standard InChI is InChI=1S/C25H28ClN3O/c1-15-10-23-20(16(2)13-25(4,5)29(23)6)12-18(15)11-19(14-27)24(30)28-22-9-7-8-21(26)17(22)3/h7-12,16H,13H2,1-6H3,(H,28,30)/b19-11-/t16-/m0/s1. The first-order valence-corrected chi connectivity index (χ1v) is 10.5. The van der Waals surface area contributed by atoms with Crippen molar-refractivity contribution in [3.05, 3.63) is 63.2 Å². The molecule has 0 fully saturated rings. The summed E-state index contributed by atoms with van der Waals surface area (Å²) in [6.07, 6.45) is 2.72. The van der Waals surface area contributed by atoms with Gasteiger partial charge < -0.3 is 10.2 Å². The smallest absolute Gasteiger partial charge is 0.266 e. The van der Waals surface area contributed by atoms with Crippen molar-refractivity contribution in [1.29, 1.82) is 5.26 Å². The van der Waals surface area contributed by atoms with Gasteiger partial charge in [0.2, 0.25) is 0 Å². The lowest BCUT2D eigenvalue weighted by Crippen LogP contribution is -2.45. The van der Waals surface area contributed by atoms with E-state index >= 15 is 0 Å². The number of aryl methyl sites for hydroxylation is 1. The van der Waals surface area contributed by atoms with Crippen molar-refractivity contribution < 1.29 is 4.79 Å². The van der Waals surface area contributed by atoms with Crippen LogP contribution in [0.3, 0.4) is 0 Å². The Balaban J connectivity index is 1.97. The minimum Gasteiger partial charge on any atom is -0.369 e. The molecule has 5 heteroatoms. The van der Waals surface area contributed by atoms with Gasteiger partial charge in [0.25, 0.3) is 5.91 Å². The van der Waals surface area contributed by atoms with Crippen LogP contribution in [0.2, 0.25) is 5.02 Å². The number of benzene rings is 2. The second-order valence-electron chi connectivity index (χ2n) is 8.78. The lowest BCUT2D eigenvalue weighted by Gasteiger charge is -2.45. The zero-order valence-electron chi connectivity index (χ0n) is 18.4. The zero-order valence-corrected chi connectivity index (χ0v) is 19.2. The summed E-state index contributed by atoms with van der Waals surface area (Å²) in [6, 6.07) is 11.6. The average molecular weight is 422 g/mol. The van der Waals surface area contributed by atoms with Gasteiger partial charge >= 0.3 is 0 Å². The molecule has 0 unspecified atom stereocenters. The Hall–Kier alpha value is -2.77. The van der Waals surface area contributed by atoms with E-state index in [-0.39, 0.29) is 11.1 Å². The number of nitrogens with zero attached hydrogens (tertiary/aromatic N) is 2. The monoisotopic (exact) mass is 421 g/mol. The van der Waals surface area contributed by atoms with Gasteiger partial charge in [-0.25, -0.2) is 0 Å². The Kier molecular flexibility index (Phi) is 5.97. The Morgan fingerprint density at radius 2 is 2.03 bits per heavy atom. The first-order chi connectivity index (χ1) is 14.0. The number of amides is 1. The predicted molar refractivity (Wildman–Crippen MR) is 125 cm³/mol. The van der Waals surface area contributed by atoms with Crippen molar-refractivity contribution in [3.63, 3.8) is 0 Å². The highest BCUT2D eigenvalue weighted by atomic mass is 35.5. The second-order valence-corrected chi connectivity index (χ2v) is 9.19. The highest BCUT2D eigenvalue weighted by molar-refractivity contribution is 6.31. The summed E-state index contributed by atoms with van der Waals surface area (Å²) in [5.74, 6) is -0.0429. The molecule has 0 bridgehead atoms. The van der Waals surface area contributed by atoms with Crippen LogP contribution in [0.25, 0.3) is 6.08 Å². The zero-order chi connectivity index (χ0) is 22.2. The fourth-order valence-electron chi connectivity index (χ4n) is 4.13. The van der Waals surface area contributed by atoms with Gasteiger partial charge in [0, 0.05) is 29.0 Å². The van der Waals surface area contributed by atoms with E-state index in [1.807, 2.05) is 13.8 Å². The quantitative estimate of drug-likeness (QED) is 0.472. The maximum atomic E-state index is 12.8. The number of nitrogens with one attached hydrogen (secondary N) is 1. The van der Waals surface area contributed by atoms with Gasteiger partial charge in [-0.3, -0.25) is 4.79 Å². The Labute approximate surface area is 184 Å². The maximum Gasteiger partial charge on any atom is 0.266 e. The Morgan fingerprint density at radius 1 is 1.33 bits per heavy atom. The molecule has 0 radical (unpaired) electrons.